The van der Waals surface area contributed by atoms with Crippen molar-refractivity contribution in [2.24, 2.45) is 17.8 Å². The predicted molar refractivity (Wildman–Crippen MR) is 183 cm³/mol. The Labute approximate surface area is 293 Å². The summed E-state index contributed by atoms with van der Waals surface area (Å²) in [5.41, 5.74) is -0.308. The molecule has 0 saturated carbocycles. The van der Waals surface area contributed by atoms with Gasteiger partial charge in [0.15, 0.2) is 0 Å². The molecule has 0 aliphatic carbocycles. The Kier molecular flexibility index (Phi) is 9.86. The van der Waals surface area contributed by atoms with E-state index in [1.807, 2.05) is 56.3 Å². The Hall–Kier alpha value is -3.51. The third-order valence-corrected chi connectivity index (χ3v) is 10.7. The number of nitrogens with zero attached hydrogens (tertiary/aromatic N) is 2. The summed E-state index contributed by atoms with van der Waals surface area (Å²) < 4.78 is 13.4. The van der Waals surface area contributed by atoms with E-state index < -0.39 is 72.2 Å². The highest BCUT2D eigenvalue weighted by atomic mass is 79.9. The highest BCUT2D eigenvalue weighted by Gasteiger charge is 2.75. The van der Waals surface area contributed by atoms with Crippen molar-refractivity contribution in [3.63, 3.8) is 0 Å². The first-order chi connectivity index (χ1) is 23.0. The molecule has 2 saturated heterocycles. The summed E-state index contributed by atoms with van der Waals surface area (Å²) in [7, 11) is 0. The molecule has 3 amide bonds. The van der Waals surface area contributed by atoms with Crippen molar-refractivity contribution in [1.29, 1.82) is 0 Å². The van der Waals surface area contributed by atoms with Crippen molar-refractivity contribution in [2.45, 2.75) is 69.5 Å². The molecule has 2 N–H and O–H groups in total. The van der Waals surface area contributed by atoms with Gasteiger partial charge in [-0.15, -0.1) is 0 Å². The summed E-state index contributed by atoms with van der Waals surface area (Å²) in [6.45, 7) is 5.24. The summed E-state index contributed by atoms with van der Waals surface area (Å²) in [6, 6.07) is 13.4. The van der Waals surface area contributed by atoms with E-state index in [4.69, 9.17) is 21.1 Å². The highest BCUT2D eigenvalue weighted by molar-refractivity contribution is 9.11. The molecule has 4 heterocycles. The maximum Gasteiger partial charge on any atom is 0.313 e. The third-order valence-electron chi connectivity index (χ3n) is 9.79. The smallest absolute Gasteiger partial charge is 0.313 e. The van der Waals surface area contributed by atoms with E-state index in [1.165, 1.54) is 4.90 Å². The van der Waals surface area contributed by atoms with Crippen LogP contribution in [-0.2, 0) is 28.7 Å². The maximum absolute atomic E-state index is 15.0. The fraction of sp³-hybridized carbons (Fsp3) is 0.444. The number of anilines is 1. The molecule has 254 valence electrons. The van der Waals surface area contributed by atoms with Gasteiger partial charge in [-0.25, -0.2) is 0 Å². The van der Waals surface area contributed by atoms with Crippen LogP contribution < -0.4 is 10.2 Å². The number of ether oxygens (including phenoxy) is 2. The van der Waals surface area contributed by atoms with Crippen LogP contribution in [0.5, 0.6) is 0 Å². The van der Waals surface area contributed by atoms with Gasteiger partial charge in [0.1, 0.15) is 29.8 Å². The van der Waals surface area contributed by atoms with E-state index in [1.54, 1.807) is 42.2 Å². The van der Waals surface area contributed by atoms with Crippen LogP contribution in [-0.4, -0.2) is 76.7 Å². The molecule has 0 unspecified atom stereocenters. The summed E-state index contributed by atoms with van der Waals surface area (Å²) in [5.74, 6) is -4.24. The highest BCUT2D eigenvalue weighted by Crippen LogP contribution is 2.59. The quantitative estimate of drug-likeness (QED) is 0.337. The summed E-state index contributed by atoms with van der Waals surface area (Å²) in [4.78, 5) is 60.1. The number of halogens is 2. The Balaban J connectivity index is 1.50. The van der Waals surface area contributed by atoms with E-state index in [0.29, 0.717) is 27.2 Å². The number of nitrogens with one attached hydrogen (secondary N) is 1. The van der Waals surface area contributed by atoms with E-state index in [9.17, 15) is 19.5 Å². The molecule has 0 radical (unpaired) electrons. The van der Waals surface area contributed by atoms with E-state index in [2.05, 4.69) is 21.2 Å². The van der Waals surface area contributed by atoms with Crippen molar-refractivity contribution >= 4 is 56.9 Å². The molecule has 2 fully saturated rings. The van der Waals surface area contributed by atoms with E-state index >= 15 is 4.79 Å². The zero-order chi connectivity index (χ0) is 34.3. The van der Waals surface area contributed by atoms with Gasteiger partial charge >= 0.3 is 5.97 Å². The molecule has 0 aromatic heterocycles. The number of cyclic esters (lactones) is 1. The summed E-state index contributed by atoms with van der Waals surface area (Å²) in [5, 5.41) is 14.1. The van der Waals surface area contributed by atoms with Crippen LogP contribution >= 0.6 is 27.5 Å². The summed E-state index contributed by atoms with van der Waals surface area (Å²) >= 11 is 9.79. The molecular formula is C36H39BrClN3O7. The average molecular weight is 741 g/mol. The number of allylic oxidation sites excluding steroid dienone is 1. The molecule has 1 spiro atoms. The van der Waals surface area contributed by atoms with Crippen LogP contribution in [0.3, 0.4) is 0 Å². The van der Waals surface area contributed by atoms with E-state index in [0.717, 1.165) is 0 Å². The number of esters is 1. The largest absolute Gasteiger partial charge is 0.455 e. The van der Waals surface area contributed by atoms with Crippen LogP contribution in [0, 0.1) is 17.8 Å². The Morgan fingerprint density at radius 2 is 1.73 bits per heavy atom. The third kappa shape index (κ3) is 5.99. The van der Waals surface area contributed by atoms with Gasteiger partial charge in [-0.2, -0.15) is 0 Å². The van der Waals surface area contributed by atoms with Gasteiger partial charge in [-0.05, 0) is 55.2 Å². The zero-order valence-corrected chi connectivity index (χ0v) is 29.3. The number of hydrogen-bond donors (Lipinski definition) is 2. The molecule has 6 rings (SSSR count). The lowest BCUT2D eigenvalue weighted by atomic mass is 9.74. The first-order valence-corrected chi connectivity index (χ1v) is 17.4. The number of benzene rings is 2. The number of hydrogen-bond acceptors (Lipinski definition) is 7. The first kappa shape index (κ1) is 34.4. The fourth-order valence-electron chi connectivity index (χ4n) is 7.49. The van der Waals surface area contributed by atoms with Gasteiger partial charge in [0.25, 0.3) is 5.91 Å². The number of rotatable bonds is 5. The lowest BCUT2D eigenvalue weighted by Gasteiger charge is -2.40. The van der Waals surface area contributed by atoms with Gasteiger partial charge in [0, 0.05) is 28.2 Å². The fourth-order valence-corrected chi connectivity index (χ4v) is 8.36. The minimum atomic E-state index is -1.52. The summed E-state index contributed by atoms with van der Waals surface area (Å²) in [6.07, 6.45) is 4.23. The van der Waals surface area contributed by atoms with Gasteiger partial charge in [-0.1, -0.05) is 83.9 Å². The lowest BCUT2D eigenvalue weighted by Crippen LogP contribution is -2.59. The number of carbonyl (C=O) groups is 4. The molecule has 12 heteroatoms. The standard InChI is InChI=1S/C36H39BrClN3O7/c1-20(2)26(19-42)41-32-34(45)40(24-15-13-23(38)14-16-24)17-9-5-8-12-27(43)39-21(3)30(22-10-6-4-7-11-22)47-35(46)28-29(33(41)44)36(32)18-25(37)31(28)48-36/h4-7,9-11,13-16,18,20-21,26,28-32,42H,8,12,17,19H2,1-3H3,(H,39,43)/b9-5-/t21-,26-,28+,29-,30+,31+,32+,36-/m0/s1. The number of aliphatic hydroxyl groups excluding tert-OH is 1. The second-order valence-electron chi connectivity index (χ2n) is 13.1. The molecule has 10 nitrogen and oxygen atoms in total. The molecular weight excluding hydrogens is 702 g/mol. The van der Waals surface area contributed by atoms with Crippen molar-refractivity contribution in [3.05, 3.63) is 87.9 Å². The Morgan fingerprint density at radius 3 is 2.40 bits per heavy atom. The van der Waals surface area contributed by atoms with Crippen molar-refractivity contribution in [3.8, 4) is 0 Å². The SMILES string of the molecule is CC(C)[C@H](CO)N1C(=O)[C@@H]2[C@H]3C(=O)O[C@@H](c4ccccc4)[C@H](C)NC(=O)CC/C=C\CN(c4ccc(Cl)cc4)C(=O)[C@@H]1[C@]21C=C(Br)[C@H]3O1. The van der Waals surface area contributed by atoms with Gasteiger partial charge in [-0.3, -0.25) is 19.2 Å². The Bertz CT molecular complexity index is 1630. The predicted octanol–water partition coefficient (Wildman–Crippen LogP) is 4.70. The van der Waals surface area contributed by atoms with Crippen molar-refractivity contribution < 1.29 is 33.8 Å². The van der Waals surface area contributed by atoms with Gasteiger partial charge in [0.2, 0.25) is 11.8 Å². The number of fused-ring (bicyclic) bond motifs is 2. The monoisotopic (exact) mass is 739 g/mol. The molecule has 4 aliphatic rings. The van der Waals surface area contributed by atoms with Crippen molar-refractivity contribution in [1.82, 2.24) is 10.2 Å². The van der Waals surface area contributed by atoms with Crippen LogP contribution in [0.25, 0.3) is 0 Å². The van der Waals surface area contributed by atoms with E-state index in [-0.39, 0.29) is 24.8 Å². The molecule has 4 aliphatic heterocycles. The molecule has 8 atom stereocenters. The molecule has 5 bridgehead atoms. The Morgan fingerprint density at radius 1 is 1.02 bits per heavy atom. The maximum atomic E-state index is 15.0. The van der Waals surface area contributed by atoms with Gasteiger partial charge in [0.05, 0.1) is 24.6 Å². The molecule has 2 aromatic rings. The second kappa shape index (κ2) is 13.8. The first-order valence-electron chi connectivity index (χ1n) is 16.2. The second-order valence-corrected chi connectivity index (χ2v) is 14.5. The molecule has 48 heavy (non-hydrogen) atoms. The number of amides is 3. The normalized spacial score (nSPS) is 32.2. The zero-order valence-electron chi connectivity index (χ0n) is 26.9. The van der Waals surface area contributed by atoms with Crippen LogP contribution in [0.15, 0.2) is 77.3 Å². The minimum absolute atomic E-state index is 0.124. The topological polar surface area (TPSA) is 125 Å². The number of likely N-dealkylation sites (tertiary alicyclic amines) is 1. The molecule has 2 aromatic carbocycles. The van der Waals surface area contributed by atoms with Crippen LogP contribution in [0.4, 0.5) is 5.69 Å². The number of carbonyl (C=O) groups excluding carboxylic acids is 4. The number of aliphatic hydroxyl groups is 1. The lowest BCUT2D eigenvalue weighted by molar-refractivity contribution is -0.162. The van der Waals surface area contributed by atoms with Crippen LogP contribution in [0.2, 0.25) is 5.02 Å². The van der Waals surface area contributed by atoms with Crippen molar-refractivity contribution in [2.75, 3.05) is 18.1 Å². The minimum Gasteiger partial charge on any atom is -0.455 e. The van der Waals surface area contributed by atoms with Gasteiger partial charge < -0.3 is 29.7 Å². The average Bonchev–Trinajstić information content (AvgIpc) is 3.65. The van der Waals surface area contributed by atoms with Crippen LogP contribution in [0.1, 0.15) is 45.3 Å².